The number of nitrogens with zero attached hydrogens (tertiary/aromatic N) is 2. The van der Waals surface area contributed by atoms with Crippen LogP contribution in [0.1, 0.15) is 23.3 Å². The van der Waals surface area contributed by atoms with Gasteiger partial charge in [-0.05, 0) is 49.4 Å². The maximum atomic E-state index is 12.6. The molecule has 0 saturated carbocycles. The second-order valence-corrected chi connectivity index (χ2v) is 6.86. The Morgan fingerprint density at radius 1 is 1.41 bits per heavy atom. The molecule has 3 aliphatic heterocycles. The SMILES string of the molecule is COc1cccc2c(C(=O)N[C@H]3CN4CCC3CC4)nsc12. The molecule has 2 bridgehead atoms. The Balaban J connectivity index is 1.58. The maximum absolute atomic E-state index is 12.6. The third-order valence-electron chi connectivity index (χ3n) is 4.87. The standard InChI is InChI=1S/C16H19N3O2S/c1-21-13-4-2-3-11-14(18-22-15(11)13)16(20)17-12-9-19-7-5-10(12)6-8-19/h2-4,10,12H,5-9H2,1H3,(H,17,20)/t12-/m0/s1. The van der Waals surface area contributed by atoms with Gasteiger partial charge in [0.15, 0.2) is 0 Å². The van der Waals surface area contributed by atoms with Crippen LogP contribution in [0.15, 0.2) is 18.2 Å². The van der Waals surface area contributed by atoms with E-state index in [1.54, 1.807) is 7.11 Å². The van der Waals surface area contributed by atoms with Gasteiger partial charge in [-0.1, -0.05) is 12.1 Å². The Hall–Kier alpha value is -1.66. The molecule has 0 unspecified atom stereocenters. The number of methoxy groups -OCH3 is 1. The van der Waals surface area contributed by atoms with E-state index in [4.69, 9.17) is 4.74 Å². The number of carbonyl (C=O) groups is 1. The number of nitrogens with one attached hydrogen (secondary N) is 1. The third-order valence-corrected chi connectivity index (χ3v) is 5.75. The summed E-state index contributed by atoms with van der Waals surface area (Å²) in [6.07, 6.45) is 2.38. The molecule has 0 radical (unpaired) electrons. The summed E-state index contributed by atoms with van der Waals surface area (Å²) in [6, 6.07) is 6.00. The predicted octanol–water partition coefficient (Wildman–Crippen LogP) is 2.13. The van der Waals surface area contributed by atoms with Crippen molar-refractivity contribution in [2.75, 3.05) is 26.7 Å². The summed E-state index contributed by atoms with van der Waals surface area (Å²) in [7, 11) is 1.64. The first-order valence-electron chi connectivity index (χ1n) is 7.72. The van der Waals surface area contributed by atoms with Gasteiger partial charge < -0.3 is 15.0 Å². The molecule has 6 heteroatoms. The van der Waals surface area contributed by atoms with E-state index in [1.807, 2.05) is 18.2 Å². The molecule has 4 heterocycles. The van der Waals surface area contributed by atoms with Crippen molar-refractivity contribution in [1.29, 1.82) is 0 Å². The van der Waals surface area contributed by atoms with Crippen LogP contribution in [-0.4, -0.2) is 48.0 Å². The number of amides is 1. The number of hydrogen-bond acceptors (Lipinski definition) is 5. The van der Waals surface area contributed by atoms with Crippen LogP contribution in [0.3, 0.4) is 0 Å². The third kappa shape index (κ3) is 2.27. The number of aromatic nitrogens is 1. The number of rotatable bonds is 3. The van der Waals surface area contributed by atoms with E-state index in [2.05, 4.69) is 14.6 Å². The molecule has 2 aromatic rings. The number of ether oxygens (including phenoxy) is 1. The Bertz CT molecular complexity index is 706. The van der Waals surface area contributed by atoms with Crippen LogP contribution in [0.25, 0.3) is 10.1 Å². The molecule has 22 heavy (non-hydrogen) atoms. The summed E-state index contributed by atoms with van der Waals surface area (Å²) in [5, 5.41) is 4.08. The molecule has 5 rings (SSSR count). The lowest BCUT2D eigenvalue weighted by molar-refractivity contribution is 0.0619. The van der Waals surface area contributed by atoms with E-state index >= 15 is 0 Å². The highest BCUT2D eigenvalue weighted by atomic mass is 32.1. The van der Waals surface area contributed by atoms with E-state index in [0.29, 0.717) is 11.6 Å². The Morgan fingerprint density at radius 2 is 2.23 bits per heavy atom. The monoisotopic (exact) mass is 317 g/mol. The number of fused-ring (bicyclic) bond motifs is 4. The molecule has 3 saturated heterocycles. The molecule has 1 aromatic heterocycles. The molecule has 1 N–H and O–H groups in total. The fourth-order valence-electron chi connectivity index (χ4n) is 3.63. The molecule has 0 spiro atoms. The second kappa shape index (κ2) is 5.52. The van der Waals surface area contributed by atoms with Crippen LogP contribution in [-0.2, 0) is 0 Å². The topological polar surface area (TPSA) is 54.5 Å². The zero-order chi connectivity index (χ0) is 15.1. The van der Waals surface area contributed by atoms with Crippen LogP contribution in [0.2, 0.25) is 0 Å². The van der Waals surface area contributed by atoms with E-state index in [9.17, 15) is 4.79 Å². The van der Waals surface area contributed by atoms with Gasteiger partial charge in [-0.3, -0.25) is 4.79 Å². The van der Waals surface area contributed by atoms with Gasteiger partial charge in [0.2, 0.25) is 0 Å². The summed E-state index contributed by atoms with van der Waals surface area (Å²) in [4.78, 5) is 15.1. The van der Waals surface area contributed by atoms with Crippen molar-refractivity contribution in [1.82, 2.24) is 14.6 Å². The quantitative estimate of drug-likeness (QED) is 0.942. The summed E-state index contributed by atoms with van der Waals surface area (Å²) in [5.41, 5.74) is 0.523. The van der Waals surface area contributed by atoms with Gasteiger partial charge in [0.25, 0.3) is 5.91 Å². The molecular formula is C16H19N3O2S. The Labute approximate surface area is 133 Å². The molecule has 5 nitrogen and oxygen atoms in total. The van der Waals surface area contributed by atoms with E-state index in [0.717, 1.165) is 22.4 Å². The maximum Gasteiger partial charge on any atom is 0.271 e. The number of hydrogen-bond donors (Lipinski definition) is 1. The van der Waals surface area contributed by atoms with Gasteiger partial charge in [-0.15, -0.1) is 0 Å². The summed E-state index contributed by atoms with van der Waals surface area (Å²) < 4.78 is 10.6. The van der Waals surface area contributed by atoms with Gasteiger partial charge in [-0.25, -0.2) is 0 Å². The highest BCUT2D eigenvalue weighted by molar-refractivity contribution is 7.14. The lowest BCUT2D eigenvalue weighted by Crippen LogP contribution is -2.57. The highest BCUT2D eigenvalue weighted by Gasteiger charge is 2.35. The molecule has 1 amide bonds. The van der Waals surface area contributed by atoms with Crippen molar-refractivity contribution in [3.63, 3.8) is 0 Å². The van der Waals surface area contributed by atoms with Gasteiger partial charge >= 0.3 is 0 Å². The molecule has 1 aromatic carbocycles. The van der Waals surface area contributed by atoms with Crippen molar-refractivity contribution in [3.05, 3.63) is 23.9 Å². The molecular weight excluding hydrogens is 298 g/mol. The second-order valence-electron chi connectivity index (χ2n) is 6.09. The van der Waals surface area contributed by atoms with Crippen molar-refractivity contribution in [3.8, 4) is 5.75 Å². The largest absolute Gasteiger partial charge is 0.495 e. The minimum atomic E-state index is -0.0572. The minimum Gasteiger partial charge on any atom is -0.495 e. The average molecular weight is 317 g/mol. The normalized spacial score (nSPS) is 27.0. The van der Waals surface area contributed by atoms with Gasteiger partial charge in [0, 0.05) is 18.0 Å². The van der Waals surface area contributed by atoms with Crippen LogP contribution in [0.4, 0.5) is 0 Å². The predicted molar refractivity (Wildman–Crippen MR) is 86.6 cm³/mol. The van der Waals surface area contributed by atoms with Crippen molar-refractivity contribution < 1.29 is 9.53 Å². The first kappa shape index (κ1) is 14.0. The van der Waals surface area contributed by atoms with Gasteiger partial charge in [0.05, 0.1) is 11.8 Å². The highest BCUT2D eigenvalue weighted by Crippen LogP contribution is 2.32. The molecule has 1 atom stereocenters. The zero-order valence-corrected chi connectivity index (χ0v) is 13.4. The molecule has 3 fully saturated rings. The van der Waals surface area contributed by atoms with Crippen LogP contribution in [0.5, 0.6) is 5.75 Å². The molecule has 116 valence electrons. The first-order chi connectivity index (χ1) is 10.8. The Morgan fingerprint density at radius 3 is 2.91 bits per heavy atom. The zero-order valence-electron chi connectivity index (χ0n) is 12.5. The lowest BCUT2D eigenvalue weighted by atomic mass is 9.84. The van der Waals surface area contributed by atoms with Crippen molar-refractivity contribution >= 4 is 27.5 Å². The van der Waals surface area contributed by atoms with E-state index < -0.39 is 0 Å². The van der Waals surface area contributed by atoms with Gasteiger partial charge in [-0.2, -0.15) is 4.37 Å². The van der Waals surface area contributed by atoms with Crippen molar-refractivity contribution in [2.24, 2.45) is 5.92 Å². The summed E-state index contributed by atoms with van der Waals surface area (Å²) >= 11 is 1.32. The average Bonchev–Trinajstić information content (AvgIpc) is 3.00. The van der Waals surface area contributed by atoms with Crippen molar-refractivity contribution in [2.45, 2.75) is 18.9 Å². The summed E-state index contributed by atoms with van der Waals surface area (Å²) in [5.74, 6) is 1.34. The fourth-order valence-corrected chi connectivity index (χ4v) is 4.50. The van der Waals surface area contributed by atoms with E-state index in [1.165, 1.54) is 37.5 Å². The number of benzene rings is 1. The van der Waals surface area contributed by atoms with Gasteiger partial charge in [0.1, 0.15) is 11.4 Å². The Kier molecular flexibility index (Phi) is 3.50. The van der Waals surface area contributed by atoms with Crippen LogP contribution < -0.4 is 10.1 Å². The summed E-state index contributed by atoms with van der Waals surface area (Å²) in [6.45, 7) is 3.32. The lowest BCUT2D eigenvalue weighted by Gasteiger charge is -2.44. The molecule has 0 aliphatic carbocycles. The molecule has 3 aliphatic rings. The van der Waals surface area contributed by atoms with E-state index in [-0.39, 0.29) is 11.9 Å². The van der Waals surface area contributed by atoms with Crippen LogP contribution >= 0.6 is 11.5 Å². The number of piperidine rings is 3. The smallest absolute Gasteiger partial charge is 0.271 e. The minimum absolute atomic E-state index is 0.0572. The fraction of sp³-hybridized carbons (Fsp3) is 0.500. The van der Waals surface area contributed by atoms with Crippen LogP contribution in [0, 0.1) is 5.92 Å². The number of carbonyl (C=O) groups excluding carboxylic acids is 1. The first-order valence-corrected chi connectivity index (χ1v) is 8.49.